The highest BCUT2D eigenvalue weighted by molar-refractivity contribution is 5.97. The molecule has 0 radical (unpaired) electrons. The van der Waals surface area contributed by atoms with E-state index in [1.54, 1.807) is 12.1 Å². The van der Waals surface area contributed by atoms with Crippen LogP contribution < -0.4 is 10.5 Å². The largest absolute Gasteiger partial charge is 0.485 e. The lowest BCUT2D eigenvalue weighted by atomic mass is 10.1. The molecule has 2 rings (SSSR count). The van der Waals surface area contributed by atoms with Crippen molar-refractivity contribution in [3.8, 4) is 5.75 Å². The van der Waals surface area contributed by atoms with Gasteiger partial charge in [0.15, 0.2) is 0 Å². The molecule has 0 aromatic heterocycles. The second kappa shape index (κ2) is 3.18. The first-order chi connectivity index (χ1) is 6.68. The van der Waals surface area contributed by atoms with Gasteiger partial charge in [0.25, 0.3) is 5.91 Å². The van der Waals surface area contributed by atoms with Gasteiger partial charge in [-0.25, -0.2) is 0 Å². The van der Waals surface area contributed by atoms with Gasteiger partial charge in [-0.3, -0.25) is 4.79 Å². The van der Waals surface area contributed by atoms with E-state index in [1.165, 1.54) is 0 Å². The highest BCUT2D eigenvalue weighted by Gasteiger charge is 2.17. The van der Waals surface area contributed by atoms with Gasteiger partial charge in [0, 0.05) is 5.56 Å². The number of nitrogens with two attached hydrogens (primary N) is 1. The van der Waals surface area contributed by atoms with E-state index in [2.05, 4.69) is 0 Å². The van der Waals surface area contributed by atoms with Crippen molar-refractivity contribution in [2.45, 2.75) is 13.0 Å². The summed E-state index contributed by atoms with van der Waals surface area (Å²) < 4.78 is 5.54. The third kappa shape index (κ3) is 1.37. The number of primary amides is 1. The molecule has 1 aliphatic rings. The van der Waals surface area contributed by atoms with E-state index in [9.17, 15) is 4.79 Å². The molecule has 14 heavy (non-hydrogen) atoms. The Morgan fingerprint density at radius 1 is 1.50 bits per heavy atom. The molecule has 0 aliphatic carbocycles. The molecule has 0 saturated heterocycles. The lowest BCUT2D eigenvalue weighted by Crippen LogP contribution is -2.18. The molecule has 1 unspecified atom stereocenters. The second-order valence-corrected chi connectivity index (χ2v) is 3.27. The molecule has 1 aliphatic heterocycles. The molecule has 1 heterocycles. The van der Waals surface area contributed by atoms with Crippen molar-refractivity contribution in [2.75, 3.05) is 0 Å². The Kier molecular flexibility index (Phi) is 2.00. The summed E-state index contributed by atoms with van der Waals surface area (Å²) in [5, 5.41) is 0. The van der Waals surface area contributed by atoms with Crippen LogP contribution in [0.25, 0.3) is 6.08 Å². The fourth-order valence-electron chi connectivity index (χ4n) is 1.48. The van der Waals surface area contributed by atoms with Gasteiger partial charge in [0.05, 0.1) is 5.56 Å². The Bertz CT molecular complexity index is 410. The van der Waals surface area contributed by atoms with Crippen LogP contribution in [0.5, 0.6) is 5.75 Å². The number of fused-ring (bicyclic) bond motifs is 1. The van der Waals surface area contributed by atoms with Crippen molar-refractivity contribution < 1.29 is 9.53 Å². The lowest BCUT2D eigenvalue weighted by Gasteiger charge is -2.19. The Balaban J connectivity index is 2.56. The minimum Gasteiger partial charge on any atom is -0.485 e. The van der Waals surface area contributed by atoms with Gasteiger partial charge in [-0.1, -0.05) is 18.2 Å². The van der Waals surface area contributed by atoms with Crippen LogP contribution in [-0.4, -0.2) is 12.0 Å². The first-order valence-electron chi connectivity index (χ1n) is 4.46. The number of benzene rings is 1. The van der Waals surface area contributed by atoms with Gasteiger partial charge in [-0.15, -0.1) is 0 Å². The third-order valence-electron chi connectivity index (χ3n) is 2.16. The minimum atomic E-state index is -0.454. The van der Waals surface area contributed by atoms with E-state index in [1.807, 2.05) is 25.1 Å². The van der Waals surface area contributed by atoms with Crippen LogP contribution in [0.3, 0.4) is 0 Å². The standard InChI is InChI=1S/C11H11NO2/c1-7-5-6-8-3-2-4-9(11(12)13)10(8)14-7/h2-7H,1H3,(H2,12,13). The zero-order chi connectivity index (χ0) is 10.1. The minimum absolute atomic E-state index is 0.0111. The molecular formula is C11H11NO2. The van der Waals surface area contributed by atoms with Crippen molar-refractivity contribution in [3.05, 3.63) is 35.4 Å². The zero-order valence-electron chi connectivity index (χ0n) is 7.86. The number of hydrogen-bond acceptors (Lipinski definition) is 2. The average Bonchev–Trinajstić information content (AvgIpc) is 2.16. The van der Waals surface area contributed by atoms with Crippen molar-refractivity contribution >= 4 is 12.0 Å². The van der Waals surface area contributed by atoms with Crippen LogP contribution >= 0.6 is 0 Å². The van der Waals surface area contributed by atoms with Crippen LogP contribution in [0, 0.1) is 0 Å². The predicted octanol–water partition coefficient (Wildman–Crippen LogP) is 1.58. The predicted molar refractivity (Wildman–Crippen MR) is 54.1 cm³/mol. The van der Waals surface area contributed by atoms with Gasteiger partial charge < -0.3 is 10.5 Å². The number of carbonyl (C=O) groups is 1. The Morgan fingerprint density at radius 3 is 3.00 bits per heavy atom. The van der Waals surface area contributed by atoms with Crippen LogP contribution in [0.4, 0.5) is 0 Å². The summed E-state index contributed by atoms with van der Waals surface area (Å²) in [7, 11) is 0. The van der Waals surface area contributed by atoms with E-state index in [0.717, 1.165) is 5.56 Å². The third-order valence-corrected chi connectivity index (χ3v) is 2.16. The molecule has 0 bridgehead atoms. The molecule has 0 saturated carbocycles. The first-order valence-corrected chi connectivity index (χ1v) is 4.46. The Morgan fingerprint density at radius 2 is 2.29 bits per heavy atom. The summed E-state index contributed by atoms with van der Waals surface area (Å²) in [6.07, 6.45) is 3.87. The lowest BCUT2D eigenvalue weighted by molar-refractivity contribution is 0.0995. The average molecular weight is 189 g/mol. The van der Waals surface area contributed by atoms with Crippen LogP contribution in [0.2, 0.25) is 0 Å². The SMILES string of the molecule is CC1C=Cc2cccc(C(N)=O)c2O1. The molecule has 72 valence electrons. The van der Waals surface area contributed by atoms with E-state index in [4.69, 9.17) is 10.5 Å². The number of para-hydroxylation sites is 1. The molecule has 1 atom stereocenters. The number of carbonyl (C=O) groups excluding carboxylic acids is 1. The van der Waals surface area contributed by atoms with E-state index < -0.39 is 5.91 Å². The van der Waals surface area contributed by atoms with Crippen LogP contribution in [0.1, 0.15) is 22.8 Å². The van der Waals surface area contributed by atoms with Crippen molar-refractivity contribution in [3.63, 3.8) is 0 Å². The molecule has 3 heteroatoms. The van der Waals surface area contributed by atoms with Crippen LogP contribution in [-0.2, 0) is 0 Å². The Labute approximate surface area is 82.2 Å². The summed E-state index contributed by atoms with van der Waals surface area (Å²) in [5.41, 5.74) is 6.59. The normalized spacial score (nSPS) is 18.5. The quantitative estimate of drug-likeness (QED) is 0.729. The van der Waals surface area contributed by atoms with E-state index in [0.29, 0.717) is 11.3 Å². The molecule has 1 aromatic rings. The van der Waals surface area contributed by atoms with Crippen molar-refractivity contribution in [1.82, 2.24) is 0 Å². The maximum atomic E-state index is 11.1. The van der Waals surface area contributed by atoms with Gasteiger partial charge in [-0.05, 0) is 19.1 Å². The second-order valence-electron chi connectivity index (χ2n) is 3.27. The summed E-state index contributed by atoms with van der Waals surface area (Å²) in [5.74, 6) is 0.138. The number of ether oxygens (including phenoxy) is 1. The maximum Gasteiger partial charge on any atom is 0.252 e. The highest BCUT2D eigenvalue weighted by Crippen LogP contribution is 2.29. The smallest absolute Gasteiger partial charge is 0.252 e. The van der Waals surface area contributed by atoms with E-state index in [-0.39, 0.29) is 6.10 Å². The van der Waals surface area contributed by atoms with Crippen molar-refractivity contribution in [1.29, 1.82) is 0 Å². The highest BCUT2D eigenvalue weighted by atomic mass is 16.5. The summed E-state index contributed by atoms with van der Waals surface area (Å²) >= 11 is 0. The molecular weight excluding hydrogens is 178 g/mol. The molecule has 0 spiro atoms. The van der Waals surface area contributed by atoms with Gasteiger partial charge in [-0.2, -0.15) is 0 Å². The summed E-state index contributed by atoms with van der Waals surface area (Å²) in [4.78, 5) is 11.1. The summed E-state index contributed by atoms with van der Waals surface area (Å²) in [6.45, 7) is 1.91. The monoisotopic (exact) mass is 189 g/mol. The van der Waals surface area contributed by atoms with Gasteiger partial charge in [0.2, 0.25) is 0 Å². The molecule has 3 nitrogen and oxygen atoms in total. The first kappa shape index (κ1) is 8.81. The van der Waals surface area contributed by atoms with Crippen molar-refractivity contribution in [2.24, 2.45) is 5.73 Å². The van der Waals surface area contributed by atoms with Gasteiger partial charge in [0.1, 0.15) is 11.9 Å². The van der Waals surface area contributed by atoms with Gasteiger partial charge >= 0.3 is 0 Å². The van der Waals surface area contributed by atoms with E-state index >= 15 is 0 Å². The molecule has 1 aromatic carbocycles. The molecule has 2 N–H and O–H groups in total. The fourth-order valence-corrected chi connectivity index (χ4v) is 1.48. The number of hydrogen-bond donors (Lipinski definition) is 1. The number of rotatable bonds is 1. The summed E-state index contributed by atoms with van der Waals surface area (Å²) in [6, 6.07) is 5.36. The maximum absolute atomic E-state index is 11.1. The zero-order valence-corrected chi connectivity index (χ0v) is 7.86. The Hall–Kier alpha value is -1.77. The fraction of sp³-hybridized carbons (Fsp3) is 0.182. The topological polar surface area (TPSA) is 52.3 Å². The van der Waals surface area contributed by atoms with Crippen LogP contribution in [0.15, 0.2) is 24.3 Å². The number of amides is 1. The molecule has 0 fully saturated rings. The molecule has 1 amide bonds.